The first-order valence-electron chi connectivity index (χ1n) is 21.0. The van der Waals surface area contributed by atoms with Crippen LogP contribution in [0, 0.1) is 23.7 Å². The van der Waals surface area contributed by atoms with Gasteiger partial charge in [0.15, 0.2) is 11.6 Å². The number of ketones is 3. The molecule has 8 nitrogen and oxygen atoms in total. The molecule has 2 aliphatic carbocycles. The van der Waals surface area contributed by atoms with E-state index in [-0.39, 0.29) is 55.2 Å². The molecule has 4 aromatic rings. The smallest absolute Gasteiger partial charge is 0.306 e. The van der Waals surface area contributed by atoms with Gasteiger partial charge in [0.25, 0.3) is 0 Å². The van der Waals surface area contributed by atoms with Crippen LogP contribution in [0.4, 0.5) is 0 Å². The number of carbonyl (C=O) groups excluding carboxylic acids is 4. The van der Waals surface area contributed by atoms with Gasteiger partial charge in [-0.25, -0.2) is 0 Å². The number of methoxy groups -OCH3 is 1. The Balaban J connectivity index is 0.952. The molecule has 0 aliphatic heterocycles. The molecule has 2 unspecified atom stereocenters. The molecule has 0 saturated heterocycles. The summed E-state index contributed by atoms with van der Waals surface area (Å²) in [6, 6.07) is 33.9. The van der Waals surface area contributed by atoms with Crippen LogP contribution >= 0.6 is 0 Å². The van der Waals surface area contributed by atoms with E-state index in [0.717, 1.165) is 51.4 Å². The Hall–Kier alpha value is -4.92. The van der Waals surface area contributed by atoms with Gasteiger partial charge in [0.2, 0.25) is 0 Å². The minimum Gasteiger partial charge on any atom is -0.491 e. The molecule has 2 aliphatic rings. The van der Waals surface area contributed by atoms with Gasteiger partial charge in [-0.1, -0.05) is 84.9 Å². The van der Waals surface area contributed by atoms with E-state index in [0.29, 0.717) is 71.1 Å². The highest BCUT2D eigenvalue weighted by Crippen LogP contribution is 2.48. The molecule has 2 atom stereocenters. The zero-order valence-electron chi connectivity index (χ0n) is 34.0. The Kier molecular flexibility index (Phi) is 16.0. The van der Waals surface area contributed by atoms with Gasteiger partial charge in [0.05, 0.1) is 13.2 Å². The van der Waals surface area contributed by atoms with Crippen LogP contribution in [0.25, 0.3) is 0 Å². The highest BCUT2D eigenvalue weighted by Gasteiger charge is 2.36. The lowest BCUT2D eigenvalue weighted by molar-refractivity contribution is -0.148. The summed E-state index contributed by atoms with van der Waals surface area (Å²) in [7, 11) is 1.60. The van der Waals surface area contributed by atoms with Gasteiger partial charge in [-0.05, 0) is 118 Å². The number of benzene rings is 4. The summed E-state index contributed by atoms with van der Waals surface area (Å²) in [5.41, 5.74) is 3.92. The Morgan fingerprint density at radius 3 is 1.55 bits per heavy atom. The van der Waals surface area contributed by atoms with Crippen LogP contribution in [0.5, 0.6) is 5.75 Å². The predicted octanol–water partition coefficient (Wildman–Crippen LogP) is 9.87. The van der Waals surface area contributed by atoms with Gasteiger partial charge in [-0.2, -0.15) is 0 Å². The predicted molar refractivity (Wildman–Crippen MR) is 224 cm³/mol. The van der Waals surface area contributed by atoms with Gasteiger partial charge in [0.1, 0.15) is 30.9 Å². The molecule has 8 heteroatoms. The molecule has 4 aromatic carbocycles. The molecule has 0 heterocycles. The molecule has 306 valence electrons. The SMILES string of the molecule is COCC(COc1ccc(C(=O)c2ccccc2)cc1)OCCOC(=O)CC1CCC(C(c2ccc(C(=O)c3ccccc3)cc2)C2CCC(CC(C)=O)CC2)CC1. The van der Waals surface area contributed by atoms with Crippen molar-refractivity contribution < 1.29 is 38.1 Å². The lowest BCUT2D eigenvalue weighted by atomic mass is 9.64. The molecule has 2 saturated carbocycles. The topological polar surface area (TPSA) is 105 Å². The Morgan fingerprint density at radius 2 is 1.05 bits per heavy atom. The Morgan fingerprint density at radius 1 is 0.569 bits per heavy atom. The summed E-state index contributed by atoms with van der Waals surface area (Å²) in [4.78, 5) is 50.7. The third-order valence-corrected chi connectivity index (χ3v) is 12.1. The van der Waals surface area contributed by atoms with Crippen LogP contribution in [0.1, 0.15) is 114 Å². The summed E-state index contributed by atoms with van der Waals surface area (Å²) in [6.45, 7) is 2.65. The third-order valence-electron chi connectivity index (χ3n) is 12.1. The molecule has 6 rings (SSSR count). The van der Waals surface area contributed by atoms with Crippen LogP contribution < -0.4 is 4.74 Å². The number of hydrogen-bond acceptors (Lipinski definition) is 8. The largest absolute Gasteiger partial charge is 0.491 e. The van der Waals surface area contributed by atoms with Crippen molar-refractivity contribution in [2.45, 2.75) is 83.2 Å². The van der Waals surface area contributed by atoms with Crippen LogP contribution in [0.3, 0.4) is 0 Å². The summed E-state index contributed by atoms with van der Waals surface area (Å²) in [5.74, 6) is 2.88. The normalized spacial score (nSPS) is 20.4. The first-order valence-corrected chi connectivity index (χ1v) is 21.0. The maximum Gasteiger partial charge on any atom is 0.306 e. The van der Waals surface area contributed by atoms with Gasteiger partial charge in [-0.3, -0.25) is 14.4 Å². The highest BCUT2D eigenvalue weighted by atomic mass is 16.6. The first kappa shape index (κ1) is 42.7. The maximum atomic E-state index is 13.2. The quantitative estimate of drug-likeness (QED) is 0.0496. The van der Waals surface area contributed by atoms with Crippen LogP contribution in [-0.4, -0.2) is 63.0 Å². The van der Waals surface area contributed by atoms with Crippen molar-refractivity contribution in [3.05, 3.63) is 137 Å². The number of Topliss-reactive ketones (excluding diaryl/α,β-unsaturated/α-hetero) is 1. The fraction of sp³-hybridized carbons (Fsp3) is 0.440. The van der Waals surface area contributed by atoms with Crippen LogP contribution in [-0.2, 0) is 23.8 Å². The molecular formula is C50H58O8. The summed E-state index contributed by atoms with van der Waals surface area (Å²) in [5, 5.41) is 0. The van der Waals surface area contributed by atoms with E-state index in [2.05, 4.69) is 12.1 Å². The second kappa shape index (κ2) is 21.7. The number of ether oxygens (including phenoxy) is 4. The van der Waals surface area contributed by atoms with E-state index in [1.54, 1.807) is 50.4 Å². The minimum atomic E-state index is -0.359. The average molecular weight is 787 g/mol. The number of esters is 1. The van der Waals surface area contributed by atoms with E-state index in [9.17, 15) is 19.2 Å². The number of hydrogen-bond donors (Lipinski definition) is 0. The van der Waals surface area contributed by atoms with E-state index in [1.807, 2.05) is 60.7 Å². The van der Waals surface area contributed by atoms with Gasteiger partial charge >= 0.3 is 5.97 Å². The zero-order valence-corrected chi connectivity index (χ0v) is 34.0. The minimum absolute atomic E-state index is 0.0354. The van der Waals surface area contributed by atoms with Crippen LogP contribution in [0.15, 0.2) is 109 Å². The Labute approximate surface area is 343 Å². The highest BCUT2D eigenvalue weighted by molar-refractivity contribution is 6.09. The molecule has 0 radical (unpaired) electrons. The van der Waals surface area contributed by atoms with Crippen LogP contribution in [0.2, 0.25) is 0 Å². The molecule has 0 amide bonds. The lowest BCUT2D eigenvalue weighted by Gasteiger charge is -2.41. The summed E-state index contributed by atoms with van der Waals surface area (Å²) in [6.07, 6.45) is 9.18. The van der Waals surface area contributed by atoms with Crippen molar-refractivity contribution >= 4 is 23.3 Å². The standard InChI is InChI=1S/C50H58O8/c1-35(51)31-36-13-17-38(18-14-36)48(40-21-23-43(24-22-40)49(53)41-9-5-3-6-10-41)39-19-15-37(16-20-39)32-47(52)57-30-29-56-46(33-55-2)34-58-45-27-25-44(26-28-45)50(54)42-11-7-4-8-12-42/h3-12,21-28,36-39,46,48H,13-20,29-34H2,1-2H3. The molecule has 2 fully saturated rings. The molecule has 0 spiro atoms. The monoisotopic (exact) mass is 786 g/mol. The first-order chi connectivity index (χ1) is 28.3. The molecular weight excluding hydrogens is 729 g/mol. The van der Waals surface area contributed by atoms with E-state index < -0.39 is 0 Å². The third kappa shape index (κ3) is 12.3. The summed E-state index contributed by atoms with van der Waals surface area (Å²) < 4.78 is 22.8. The number of carbonyl (C=O) groups is 4. The Bertz CT molecular complexity index is 1890. The van der Waals surface area contributed by atoms with Crippen molar-refractivity contribution in [2.24, 2.45) is 23.7 Å². The van der Waals surface area contributed by atoms with E-state index in [1.165, 1.54) is 5.56 Å². The van der Waals surface area contributed by atoms with Crippen molar-refractivity contribution in [1.29, 1.82) is 0 Å². The van der Waals surface area contributed by atoms with E-state index in [4.69, 9.17) is 18.9 Å². The lowest BCUT2D eigenvalue weighted by Crippen LogP contribution is -2.30. The number of rotatable bonds is 20. The fourth-order valence-corrected chi connectivity index (χ4v) is 9.09. The van der Waals surface area contributed by atoms with Gasteiger partial charge < -0.3 is 23.7 Å². The van der Waals surface area contributed by atoms with Crippen molar-refractivity contribution in [1.82, 2.24) is 0 Å². The van der Waals surface area contributed by atoms with E-state index >= 15 is 0 Å². The molecule has 0 bridgehead atoms. The van der Waals surface area contributed by atoms with Gasteiger partial charge in [0, 0.05) is 42.2 Å². The van der Waals surface area contributed by atoms with Crippen molar-refractivity contribution in [3.8, 4) is 5.75 Å². The second-order valence-electron chi connectivity index (χ2n) is 16.2. The average Bonchev–Trinajstić information content (AvgIpc) is 3.26. The zero-order chi connectivity index (χ0) is 40.7. The molecule has 0 aromatic heterocycles. The van der Waals surface area contributed by atoms with Gasteiger partial charge in [-0.15, -0.1) is 0 Å². The molecule has 58 heavy (non-hydrogen) atoms. The molecule has 0 N–H and O–H groups in total. The second-order valence-corrected chi connectivity index (χ2v) is 16.2. The maximum absolute atomic E-state index is 13.2. The summed E-state index contributed by atoms with van der Waals surface area (Å²) >= 11 is 0. The fourth-order valence-electron chi connectivity index (χ4n) is 9.09. The van der Waals surface area contributed by atoms with Crippen molar-refractivity contribution in [3.63, 3.8) is 0 Å². The van der Waals surface area contributed by atoms with Crippen molar-refractivity contribution in [2.75, 3.05) is 33.5 Å².